The molecule has 0 saturated heterocycles. The Labute approximate surface area is 131 Å². The molecule has 0 amide bonds. The number of halogens is 5. The second kappa shape index (κ2) is 6.27. The number of anilines is 1. The van der Waals surface area contributed by atoms with Gasteiger partial charge in [0.2, 0.25) is 0 Å². The summed E-state index contributed by atoms with van der Waals surface area (Å²) in [5.41, 5.74) is 5.79. The van der Waals surface area contributed by atoms with E-state index >= 15 is 0 Å². The summed E-state index contributed by atoms with van der Waals surface area (Å²) in [6, 6.07) is 7.55. The van der Waals surface area contributed by atoms with Gasteiger partial charge in [-0.3, -0.25) is 0 Å². The molecule has 2 N–H and O–H groups in total. The van der Waals surface area contributed by atoms with Crippen LogP contribution in [0.25, 0.3) is 0 Å². The van der Waals surface area contributed by atoms with Crippen molar-refractivity contribution in [2.45, 2.75) is 16.8 Å². The van der Waals surface area contributed by atoms with Crippen LogP contribution in [0.15, 0.2) is 45.8 Å². The fourth-order valence-corrected chi connectivity index (χ4v) is 3.28. The molecule has 0 atom stereocenters. The number of nitrogens with two attached hydrogens (primary N) is 1. The molecule has 0 radical (unpaired) electrons. The van der Waals surface area contributed by atoms with Crippen LogP contribution in [0.2, 0.25) is 0 Å². The fourth-order valence-electron chi connectivity index (χ4n) is 1.65. The van der Waals surface area contributed by atoms with Crippen molar-refractivity contribution >= 4 is 33.4 Å². The lowest BCUT2D eigenvalue weighted by molar-refractivity contribution is -0.137. The Balaban J connectivity index is 2.13. The van der Waals surface area contributed by atoms with Gasteiger partial charge in [0.1, 0.15) is 5.82 Å². The third-order valence-corrected chi connectivity index (χ3v) is 4.61. The molecule has 0 aliphatic heterocycles. The summed E-state index contributed by atoms with van der Waals surface area (Å²) in [4.78, 5) is 0.555. The number of thioether (sulfide) groups is 1. The molecule has 0 saturated carbocycles. The van der Waals surface area contributed by atoms with Crippen LogP contribution in [0.3, 0.4) is 0 Å². The van der Waals surface area contributed by atoms with Gasteiger partial charge in [-0.15, -0.1) is 11.8 Å². The molecule has 0 aromatic heterocycles. The van der Waals surface area contributed by atoms with Crippen molar-refractivity contribution in [2.75, 3.05) is 5.73 Å². The fraction of sp³-hybridized carbons (Fsp3) is 0.143. The number of benzene rings is 2. The maximum atomic E-state index is 13.0. The molecule has 0 bridgehead atoms. The van der Waals surface area contributed by atoms with E-state index in [9.17, 15) is 17.6 Å². The van der Waals surface area contributed by atoms with Crippen LogP contribution in [0.1, 0.15) is 11.1 Å². The molecular formula is C14H10BrF4NS. The molecule has 2 rings (SSSR count). The molecule has 2 aromatic carbocycles. The van der Waals surface area contributed by atoms with Crippen molar-refractivity contribution in [2.24, 2.45) is 0 Å². The number of nitrogen functional groups attached to an aromatic ring is 1. The first-order valence-electron chi connectivity index (χ1n) is 5.81. The molecule has 1 nitrogen and oxygen atoms in total. The summed E-state index contributed by atoms with van der Waals surface area (Å²) in [5.74, 6) is 0.112. The van der Waals surface area contributed by atoms with Gasteiger partial charge in [0.15, 0.2) is 0 Å². The minimum atomic E-state index is -4.41. The quantitative estimate of drug-likeness (QED) is 0.434. The van der Waals surface area contributed by atoms with E-state index in [1.54, 1.807) is 6.07 Å². The summed E-state index contributed by atoms with van der Waals surface area (Å²) in [6.45, 7) is 0. The number of alkyl halides is 3. The van der Waals surface area contributed by atoms with Gasteiger partial charge < -0.3 is 5.73 Å². The lowest BCUT2D eigenvalue weighted by Crippen LogP contribution is -2.05. The standard InChI is InChI=1S/C14H10BrF4NS/c15-11-6-10(16)3-1-8(11)7-21-13-4-2-9(5-12(13)20)14(17,18)19/h1-6H,7,20H2. The van der Waals surface area contributed by atoms with Gasteiger partial charge >= 0.3 is 6.18 Å². The molecule has 0 fully saturated rings. The highest BCUT2D eigenvalue weighted by Gasteiger charge is 2.30. The van der Waals surface area contributed by atoms with E-state index in [1.807, 2.05) is 0 Å². The van der Waals surface area contributed by atoms with Crippen molar-refractivity contribution in [1.29, 1.82) is 0 Å². The SMILES string of the molecule is Nc1cc(C(F)(F)F)ccc1SCc1ccc(F)cc1Br. The second-order valence-electron chi connectivity index (χ2n) is 4.27. The number of hydrogen-bond donors (Lipinski definition) is 1. The van der Waals surface area contributed by atoms with Crippen LogP contribution < -0.4 is 5.73 Å². The minimum Gasteiger partial charge on any atom is -0.398 e. The van der Waals surface area contributed by atoms with Gasteiger partial charge in [0, 0.05) is 20.8 Å². The van der Waals surface area contributed by atoms with E-state index in [2.05, 4.69) is 15.9 Å². The van der Waals surface area contributed by atoms with Crippen LogP contribution in [-0.2, 0) is 11.9 Å². The monoisotopic (exact) mass is 379 g/mol. The topological polar surface area (TPSA) is 26.0 Å². The highest BCUT2D eigenvalue weighted by Crippen LogP contribution is 2.36. The van der Waals surface area contributed by atoms with Crippen LogP contribution in [-0.4, -0.2) is 0 Å². The molecule has 0 aliphatic carbocycles. The van der Waals surface area contributed by atoms with Gasteiger partial charge in [0.25, 0.3) is 0 Å². The van der Waals surface area contributed by atoms with E-state index in [0.717, 1.165) is 17.7 Å². The Kier molecular flexibility index (Phi) is 4.83. The first-order valence-corrected chi connectivity index (χ1v) is 7.58. The van der Waals surface area contributed by atoms with Crippen molar-refractivity contribution < 1.29 is 17.6 Å². The zero-order valence-electron chi connectivity index (χ0n) is 10.5. The van der Waals surface area contributed by atoms with Gasteiger partial charge in [-0.05, 0) is 35.9 Å². The lowest BCUT2D eigenvalue weighted by atomic mass is 10.2. The van der Waals surface area contributed by atoms with Crippen LogP contribution >= 0.6 is 27.7 Å². The normalized spacial score (nSPS) is 11.7. The van der Waals surface area contributed by atoms with E-state index in [1.165, 1.54) is 30.0 Å². The van der Waals surface area contributed by atoms with Crippen molar-refractivity contribution in [1.82, 2.24) is 0 Å². The molecule has 0 aliphatic rings. The summed E-state index contributed by atoms with van der Waals surface area (Å²) in [5, 5.41) is 0. The molecule has 0 spiro atoms. The Hall–Kier alpha value is -1.21. The minimum absolute atomic E-state index is 0.0769. The largest absolute Gasteiger partial charge is 0.416 e. The van der Waals surface area contributed by atoms with E-state index < -0.39 is 11.7 Å². The molecular weight excluding hydrogens is 370 g/mol. The summed E-state index contributed by atoms with van der Waals surface area (Å²) in [6.07, 6.45) is -4.41. The molecule has 0 heterocycles. The van der Waals surface area contributed by atoms with Crippen LogP contribution in [0, 0.1) is 5.82 Å². The molecule has 0 unspecified atom stereocenters. The maximum absolute atomic E-state index is 13.0. The Morgan fingerprint density at radius 1 is 1.10 bits per heavy atom. The van der Waals surface area contributed by atoms with Gasteiger partial charge in [-0.1, -0.05) is 22.0 Å². The third kappa shape index (κ3) is 4.14. The summed E-state index contributed by atoms with van der Waals surface area (Å²) in [7, 11) is 0. The molecule has 21 heavy (non-hydrogen) atoms. The summed E-state index contributed by atoms with van der Waals surface area (Å²) >= 11 is 4.54. The van der Waals surface area contributed by atoms with Gasteiger partial charge in [-0.2, -0.15) is 13.2 Å². The van der Waals surface area contributed by atoms with Gasteiger partial charge in [-0.25, -0.2) is 4.39 Å². The number of rotatable bonds is 3. The summed E-state index contributed by atoms with van der Waals surface area (Å²) < 4.78 is 51.2. The Bertz CT molecular complexity index is 658. The van der Waals surface area contributed by atoms with E-state index in [0.29, 0.717) is 15.1 Å². The lowest BCUT2D eigenvalue weighted by Gasteiger charge is -2.11. The highest BCUT2D eigenvalue weighted by atomic mass is 79.9. The molecule has 2 aromatic rings. The van der Waals surface area contributed by atoms with Crippen molar-refractivity contribution in [3.63, 3.8) is 0 Å². The third-order valence-electron chi connectivity index (χ3n) is 2.74. The highest BCUT2D eigenvalue weighted by molar-refractivity contribution is 9.10. The smallest absolute Gasteiger partial charge is 0.398 e. The van der Waals surface area contributed by atoms with Crippen LogP contribution in [0.5, 0.6) is 0 Å². The van der Waals surface area contributed by atoms with E-state index in [-0.39, 0.29) is 11.5 Å². The van der Waals surface area contributed by atoms with Crippen molar-refractivity contribution in [3.8, 4) is 0 Å². The second-order valence-corrected chi connectivity index (χ2v) is 6.15. The van der Waals surface area contributed by atoms with Gasteiger partial charge in [0.05, 0.1) is 5.56 Å². The zero-order valence-corrected chi connectivity index (χ0v) is 12.9. The predicted octanol–water partition coefficient (Wildman–Crippen LogP) is 5.48. The Morgan fingerprint density at radius 2 is 1.81 bits per heavy atom. The first kappa shape index (κ1) is 16.2. The predicted molar refractivity (Wildman–Crippen MR) is 79.5 cm³/mol. The zero-order chi connectivity index (χ0) is 15.6. The molecule has 112 valence electrons. The molecule has 7 heteroatoms. The maximum Gasteiger partial charge on any atom is 0.416 e. The van der Waals surface area contributed by atoms with E-state index in [4.69, 9.17) is 5.73 Å². The average Bonchev–Trinajstić information content (AvgIpc) is 2.38. The Morgan fingerprint density at radius 3 is 2.38 bits per heavy atom. The van der Waals surface area contributed by atoms with Crippen LogP contribution in [0.4, 0.5) is 23.2 Å². The first-order chi connectivity index (χ1) is 9.77. The van der Waals surface area contributed by atoms with Crippen molar-refractivity contribution in [3.05, 3.63) is 57.8 Å². The number of hydrogen-bond acceptors (Lipinski definition) is 2. The average molecular weight is 380 g/mol.